The summed E-state index contributed by atoms with van der Waals surface area (Å²) in [6.07, 6.45) is -8.62. The summed E-state index contributed by atoms with van der Waals surface area (Å²) >= 11 is 0. The van der Waals surface area contributed by atoms with Crippen molar-refractivity contribution in [1.82, 2.24) is 9.80 Å². The van der Waals surface area contributed by atoms with Gasteiger partial charge in [0.25, 0.3) is 12.1 Å². The fraction of sp³-hybridized carbons (Fsp3) is 0.350. The Bertz CT molecular complexity index is 704. The molecular formula is C20H20F4N2O. The van der Waals surface area contributed by atoms with Gasteiger partial charge >= 0.3 is 6.18 Å². The van der Waals surface area contributed by atoms with Crippen molar-refractivity contribution in [1.29, 1.82) is 0 Å². The second-order valence-corrected chi connectivity index (χ2v) is 6.49. The zero-order valence-electron chi connectivity index (χ0n) is 14.6. The van der Waals surface area contributed by atoms with E-state index in [2.05, 4.69) is 4.90 Å². The summed E-state index contributed by atoms with van der Waals surface area (Å²) in [6.45, 7) is 0.854. The third kappa shape index (κ3) is 4.47. The molecule has 1 aliphatic rings. The van der Waals surface area contributed by atoms with Crippen molar-refractivity contribution >= 4 is 5.91 Å². The lowest BCUT2D eigenvalue weighted by molar-refractivity contribution is -0.193. The Hall–Kier alpha value is -2.41. The molecular weight excluding hydrogens is 360 g/mol. The van der Waals surface area contributed by atoms with Gasteiger partial charge in [0.15, 0.2) is 0 Å². The molecule has 1 amide bonds. The predicted octanol–water partition coefficient (Wildman–Crippen LogP) is 3.82. The van der Waals surface area contributed by atoms with E-state index in [-0.39, 0.29) is 19.1 Å². The molecule has 0 aromatic heterocycles. The van der Waals surface area contributed by atoms with Crippen LogP contribution >= 0.6 is 0 Å². The minimum absolute atomic E-state index is 0.0610. The molecule has 2 aromatic rings. The number of carbonyl (C=O) groups is 1. The van der Waals surface area contributed by atoms with E-state index >= 15 is 0 Å². The summed E-state index contributed by atoms with van der Waals surface area (Å²) in [5.41, 5.74) is 2.12. The van der Waals surface area contributed by atoms with E-state index in [1.54, 1.807) is 0 Å². The van der Waals surface area contributed by atoms with Gasteiger partial charge in [-0.1, -0.05) is 60.7 Å². The minimum atomic E-state index is -5.16. The number of hydrogen-bond acceptors (Lipinski definition) is 2. The van der Waals surface area contributed by atoms with Crippen LogP contribution in [0.2, 0.25) is 0 Å². The molecule has 0 spiro atoms. The van der Waals surface area contributed by atoms with Crippen molar-refractivity contribution in [3.63, 3.8) is 0 Å². The summed E-state index contributed by atoms with van der Waals surface area (Å²) < 4.78 is 50.8. The summed E-state index contributed by atoms with van der Waals surface area (Å²) in [5, 5.41) is 0. The molecule has 1 fully saturated rings. The first-order chi connectivity index (χ1) is 12.9. The van der Waals surface area contributed by atoms with Gasteiger partial charge in [0, 0.05) is 26.2 Å². The number of amides is 1. The Kier molecular flexibility index (Phi) is 5.79. The third-order valence-electron chi connectivity index (χ3n) is 4.73. The maximum absolute atomic E-state index is 13.3. The lowest BCUT2D eigenvalue weighted by Crippen LogP contribution is -2.53. The highest BCUT2D eigenvalue weighted by Crippen LogP contribution is 2.30. The van der Waals surface area contributed by atoms with Crippen LogP contribution in [0.25, 0.3) is 0 Å². The van der Waals surface area contributed by atoms with E-state index in [0.29, 0.717) is 13.1 Å². The molecule has 2 aromatic carbocycles. The highest BCUT2D eigenvalue weighted by Gasteiger charge is 2.47. The molecule has 0 bridgehead atoms. The molecule has 144 valence electrons. The van der Waals surface area contributed by atoms with Crippen molar-refractivity contribution in [2.75, 3.05) is 26.2 Å². The maximum atomic E-state index is 13.3. The Morgan fingerprint density at radius 2 is 1.26 bits per heavy atom. The van der Waals surface area contributed by atoms with E-state index in [9.17, 15) is 22.4 Å². The number of rotatable bonds is 4. The Morgan fingerprint density at radius 3 is 1.67 bits per heavy atom. The van der Waals surface area contributed by atoms with Gasteiger partial charge in [-0.05, 0) is 11.1 Å². The topological polar surface area (TPSA) is 23.6 Å². The molecule has 0 radical (unpaired) electrons. The van der Waals surface area contributed by atoms with E-state index < -0.39 is 18.3 Å². The quantitative estimate of drug-likeness (QED) is 0.753. The number of halogens is 4. The van der Waals surface area contributed by atoms with Crippen molar-refractivity contribution in [3.8, 4) is 0 Å². The summed E-state index contributed by atoms with van der Waals surface area (Å²) in [6, 6.07) is 19.5. The van der Waals surface area contributed by atoms with Crippen LogP contribution in [0.5, 0.6) is 0 Å². The molecule has 3 nitrogen and oxygen atoms in total. The SMILES string of the molecule is O=C(C(F)C(F)(F)F)N1CCN(C(c2ccccc2)c2ccccc2)CC1. The van der Waals surface area contributed by atoms with E-state index in [0.717, 1.165) is 16.0 Å². The third-order valence-corrected chi connectivity index (χ3v) is 4.73. The zero-order valence-corrected chi connectivity index (χ0v) is 14.6. The van der Waals surface area contributed by atoms with E-state index in [4.69, 9.17) is 0 Å². The fourth-order valence-electron chi connectivity index (χ4n) is 3.39. The Balaban J connectivity index is 1.75. The van der Waals surface area contributed by atoms with Gasteiger partial charge in [0.05, 0.1) is 6.04 Å². The van der Waals surface area contributed by atoms with Crippen LogP contribution in [-0.2, 0) is 4.79 Å². The van der Waals surface area contributed by atoms with Gasteiger partial charge < -0.3 is 4.90 Å². The van der Waals surface area contributed by atoms with Gasteiger partial charge in [0.1, 0.15) is 0 Å². The first-order valence-electron chi connectivity index (χ1n) is 8.71. The molecule has 3 rings (SSSR count). The van der Waals surface area contributed by atoms with Gasteiger partial charge in [-0.3, -0.25) is 9.69 Å². The molecule has 1 heterocycles. The molecule has 1 unspecified atom stereocenters. The number of carbonyl (C=O) groups excluding carboxylic acids is 1. The smallest absolute Gasteiger partial charge is 0.337 e. The highest BCUT2D eigenvalue weighted by molar-refractivity contribution is 5.81. The number of benzene rings is 2. The van der Waals surface area contributed by atoms with Crippen LogP contribution in [0.4, 0.5) is 17.6 Å². The van der Waals surface area contributed by atoms with Crippen LogP contribution in [0.3, 0.4) is 0 Å². The molecule has 0 saturated carbocycles. The van der Waals surface area contributed by atoms with E-state index in [1.165, 1.54) is 0 Å². The molecule has 0 aliphatic carbocycles. The van der Waals surface area contributed by atoms with Crippen molar-refractivity contribution in [3.05, 3.63) is 71.8 Å². The van der Waals surface area contributed by atoms with Crippen LogP contribution in [0.1, 0.15) is 17.2 Å². The maximum Gasteiger partial charge on any atom is 0.428 e. The van der Waals surface area contributed by atoms with Crippen LogP contribution in [0, 0.1) is 0 Å². The minimum Gasteiger partial charge on any atom is -0.337 e. The van der Waals surface area contributed by atoms with Gasteiger partial charge in [-0.2, -0.15) is 13.2 Å². The molecule has 27 heavy (non-hydrogen) atoms. The van der Waals surface area contributed by atoms with Gasteiger partial charge in [-0.25, -0.2) is 4.39 Å². The summed E-state index contributed by atoms with van der Waals surface area (Å²) in [7, 11) is 0. The van der Waals surface area contributed by atoms with Crippen LogP contribution in [-0.4, -0.2) is 54.2 Å². The van der Waals surface area contributed by atoms with Crippen LogP contribution < -0.4 is 0 Å². The lowest BCUT2D eigenvalue weighted by Gasteiger charge is -2.40. The monoisotopic (exact) mass is 380 g/mol. The first kappa shape index (κ1) is 19.4. The first-order valence-corrected chi connectivity index (χ1v) is 8.71. The lowest BCUT2D eigenvalue weighted by atomic mass is 9.96. The van der Waals surface area contributed by atoms with Crippen LogP contribution in [0.15, 0.2) is 60.7 Å². The summed E-state index contributed by atoms with van der Waals surface area (Å²) in [5.74, 6) is -1.50. The number of nitrogens with zero attached hydrogens (tertiary/aromatic N) is 2. The standard InChI is InChI=1S/C20H20F4N2O/c21-18(20(22,23)24)19(27)26-13-11-25(12-14-26)17(15-7-3-1-4-8-15)16-9-5-2-6-10-16/h1-10,17-18H,11-14H2. The van der Waals surface area contributed by atoms with Gasteiger partial charge in [0.2, 0.25) is 0 Å². The summed E-state index contributed by atoms with van der Waals surface area (Å²) in [4.78, 5) is 14.8. The van der Waals surface area contributed by atoms with Crippen molar-refractivity contribution < 1.29 is 22.4 Å². The fourth-order valence-corrected chi connectivity index (χ4v) is 3.39. The second-order valence-electron chi connectivity index (χ2n) is 6.49. The number of hydrogen-bond donors (Lipinski definition) is 0. The van der Waals surface area contributed by atoms with Crippen molar-refractivity contribution in [2.24, 2.45) is 0 Å². The zero-order chi connectivity index (χ0) is 19.4. The largest absolute Gasteiger partial charge is 0.428 e. The number of piperazine rings is 1. The normalized spacial score (nSPS) is 17.1. The molecule has 0 N–H and O–H groups in total. The molecule has 1 atom stereocenters. The second kappa shape index (κ2) is 8.08. The van der Waals surface area contributed by atoms with E-state index in [1.807, 2.05) is 60.7 Å². The molecule has 1 saturated heterocycles. The molecule has 1 aliphatic heterocycles. The average Bonchev–Trinajstić information content (AvgIpc) is 2.68. The Labute approximate surface area is 155 Å². The predicted molar refractivity (Wildman–Crippen MR) is 93.8 cm³/mol. The number of alkyl halides is 4. The average molecular weight is 380 g/mol. The van der Waals surface area contributed by atoms with Gasteiger partial charge in [-0.15, -0.1) is 0 Å². The molecule has 7 heteroatoms. The highest BCUT2D eigenvalue weighted by atomic mass is 19.4. The Morgan fingerprint density at radius 1 is 0.815 bits per heavy atom. The van der Waals surface area contributed by atoms with Crippen molar-refractivity contribution in [2.45, 2.75) is 18.4 Å².